The number of nitrogens with one attached hydrogen (secondary N) is 1. The number of aliphatic hydroxyl groups excluding tert-OH is 1. The number of amides is 1. The molecule has 0 heterocycles. The highest BCUT2D eigenvalue weighted by atomic mass is 16.3. The van der Waals surface area contributed by atoms with E-state index in [2.05, 4.69) is 12.2 Å². The van der Waals surface area contributed by atoms with Crippen molar-refractivity contribution in [1.29, 1.82) is 0 Å². The molecule has 3 nitrogen and oxygen atoms in total. The van der Waals surface area contributed by atoms with Gasteiger partial charge in [0, 0.05) is 13.0 Å². The van der Waals surface area contributed by atoms with E-state index in [4.69, 9.17) is 0 Å². The van der Waals surface area contributed by atoms with Gasteiger partial charge >= 0.3 is 0 Å². The second kappa shape index (κ2) is 9.97. The van der Waals surface area contributed by atoms with Gasteiger partial charge in [0.05, 0.1) is 6.10 Å². The van der Waals surface area contributed by atoms with Crippen LogP contribution in [0.1, 0.15) is 58.8 Å². The minimum atomic E-state index is -0.301. The lowest BCUT2D eigenvalue weighted by atomic mass is 10.1. The normalized spacial score (nSPS) is 12.5. The summed E-state index contributed by atoms with van der Waals surface area (Å²) in [7, 11) is 0. The zero-order chi connectivity index (χ0) is 11.5. The van der Waals surface area contributed by atoms with Gasteiger partial charge in [0.1, 0.15) is 0 Å². The molecule has 3 heteroatoms. The molecule has 0 rings (SSSR count). The van der Waals surface area contributed by atoms with Gasteiger partial charge in [-0.1, -0.05) is 32.6 Å². The zero-order valence-electron chi connectivity index (χ0n) is 10.1. The van der Waals surface area contributed by atoms with E-state index in [-0.39, 0.29) is 12.0 Å². The summed E-state index contributed by atoms with van der Waals surface area (Å²) in [5.41, 5.74) is 0. The van der Waals surface area contributed by atoms with E-state index in [9.17, 15) is 9.90 Å². The summed E-state index contributed by atoms with van der Waals surface area (Å²) in [5, 5.41) is 12.3. The van der Waals surface area contributed by atoms with Gasteiger partial charge in [-0.25, -0.2) is 0 Å². The Bertz CT molecular complexity index is 160. The molecule has 0 aliphatic carbocycles. The molecule has 0 aromatic rings. The molecule has 1 amide bonds. The highest BCUT2D eigenvalue weighted by Gasteiger charge is 2.06. The number of carbonyl (C=O) groups is 1. The van der Waals surface area contributed by atoms with Crippen LogP contribution in [0.4, 0.5) is 0 Å². The third kappa shape index (κ3) is 9.73. The van der Waals surface area contributed by atoms with Crippen LogP contribution in [-0.4, -0.2) is 23.7 Å². The number of hydrogen-bond acceptors (Lipinski definition) is 2. The molecule has 0 spiro atoms. The smallest absolute Gasteiger partial charge is 0.220 e. The van der Waals surface area contributed by atoms with Gasteiger partial charge in [-0.05, 0) is 19.8 Å². The van der Waals surface area contributed by atoms with Crippen LogP contribution >= 0.6 is 0 Å². The van der Waals surface area contributed by atoms with E-state index in [1.165, 1.54) is 19.3 Å². The highest BCUT2D eigenvalue weighted by Crippen LogP contribution is 2.09. The molecule has 2 N–H and O–H groups in total. The molecule has 1 atom stereocenters. The molecular weight excluding hydrogens is 190 g/mol. The maximum atomic E-state index is 11.1. The van der Waals surface area contributed by atoms with Gasteiger partial charge in [-0.15, -0.1) is 0 Å². The van der Waals surface area contributed by atoms with E-state index >= 15 is 0 Å². The molecule has 0 saturated heterocycles. The number of rotatable bonds is 9. The first-order chi connectivity index (χ1) is 7.20. The van der Waals surface area contributed by atoms with Gasteiger partial charge in [-0.2, -0.15) is 0 Å². The molecular formula is C12H25NO2. The summed E-state index contributed by atoms with van der Waals surface area (Å²) >= 11 is 0. The second-order valence-corrected chi connectivity index (χ2v) is 4.00. The van der Waals surface area contributed by atoms with Crippen LogP contribution in [0.3, 0.4) is 0 Å². The fourth-order valence-electron chi connectivity index (χ4n) is 1.53. The van der Waals surface area contributed by atoms with Crippen molar-refractivity contribution in [3.8, 4) is 0 Å². The lowest BCUT2D eigenvalue weighted by Crippen LogP contribution is -2.23. The van der Waals surface area contributed by atoms with Gasteiger partial charge < -0.3 is 10.4 Å². The molecule has 1 unspecified atom stereocenters. The molecule has 0 aromatic heterocycles. The van der Waals surface area contributed by atoms with Crippen molar-refractivity contribution < 1.29 is 9.90 Å². The first-order valence-corrected chi connectivity index (χ1v) is 6.15. The third-order valence-electron chi connectivity index (χ3n) is 2.47. The fourth-order valence-corrected chi connectivity index (χ4v) is 1.53. The molecule has 0 aliphatic rings. The van der Waals surface area contributed by atoms with Crippen LogP contribution in [0.25, 0.3) is 0 Å². The fraction of sp³-hybridized carbons (Fsp3) is 0.917. The molecule has 0 aliphatic heterocycles. The van der Waals surface area contributed by atoms with Crippen LogP contribution in [0.2, 0.25) is 0 Å². The molecule has 0 fully saturated rings. The number of carbonyl (C=O) groups excluding carboxylic acids is 1. The number of hydrogen-bond donors (Lipinski definition) is 2. The summed E-state index contributed by atoms with van der Waals surface area (Å²) in [4.78, 5) is 11.1. The topological polar surface area (TPSA) is 49.3 Å². The first-order valence-electron chi connectivity index (χ1n) is 6.15. The molecule has 0 bridgehead atoms. The van der Waals surface area contributed by atoms with E-state index in [0.717, 1.165) is 12.8 Å². The molecule has 0 radical (unpaired) electrons. The number of unbranched alkanes of at least 4 members (excludes halogenated alkanes) is 3. The first kappa shape index (κ1) is 14.4. The minimum Gasteiger partial charge on any atom is -0.393 e. The van der Waals surface area contributed by atoms with Crippen LogP contribution < -0.4 is 5.32 Å². The number of aliphatic hydroxyl groups is 1. The minimum absolute atomic E-state index is 0.0464. The van der Waals surface area contributed by atoms with Crippen molar-refractivity contribution in [2.75, 3.05) is 6.54 Å². The monoisotopic (exact) mass is 215 g/mol. The molecule has 0 aromatic carbocycles. The average molecular weight is 215 g/mol. The van der Waals surface area contributed by atoms with Gasteiger partial charge in [0.15, 0.2) is 0 Å². The van der Waals surface area contributed by atoms with Gasteiger partial charge in [-0.3, -0.25) is 4.79 Å². The summed E-state index contributed by atoms with van der Waals surface area (Å²) < 4.78 is 0. The van der Waals surface area contributed by atoms with Crippen molar-refractivity contribution in [3.63, 3.8) is 0 Å². The van der Waals surface area contributed by atoms with E-state index in [1.807, 2.05) is 6.92 Å². The summed E-state index contributed by atoms with van der Waals surface area (Å²) in [6.45, 7) is 4.75. The molecule has 90 valence electrons. The Kier molecular flexibility index (Phi) is 9.59. The quantitative estimate of drug-likeness (QED) is 0.579. The SMILES string of the molecule is CCCCCCC(O)CCC(=O)NCC. The Morgan fingerprint density at radius 1 is 1.20 bits per heavy atom. The maximum Gasteiger partial charge on any atom is 0.220 e. The van der Waals surface area contributed by atoms with Crippen molar-refractivity contribution in [2.45, 2.75) is 64.9 Å². The average Bonchev–Trinajstić information content (AvgIpc) is 2.22. The van der Waals surface area contributed by atoms with Gasteiger partial charge in [0.2, 0.25) is 5.91 Å². The van der Waals surface area contributed by atoms with E-state index in [1.54, 1.807) is 0 Å². The van der Waals surface area contributed by atoms with Crippen LogP contribution in [0.5, 0.6) is 0 Å². The van der Waals surface area contributed by atoms with Crippen molar-refractivity contribution in [2.24, 2.45) is 0 Å². The lowest BCUT2D eigenvalue weighted by Gasteiger charge is -2.09. The van der Waals surface area contributed by atoms with Crippen LogP contribution in [0.15, 0.2) is 0 Å². The Hall–Kier alpha value is -0.570. The van der Waals surface area contributed by atoms with Crippen molar-refractivity contribution in [3.05, 3.63) is 0 Å². The van der Waals surface area contributed by atoms with Crippen molar-refractivity contribution in [1.82, 2.24) is 5.32 Å². The third-order valence-corrected chi connectivity index (χ3v) is 2.47. The summed E-state index contributed by atoms with van der Waals surface area (Å²) in [6.07, 6.45) is 6.29. The van der Waals surface area contributed by atoms with Crippen LogP contribution in [-0.2, 0) is 4.79 Å². The standard InChI is InChI=1S/C12H25NO2/c1-3-5-6-7-8-11(14)9-10-12(15)13-4-2/h11,14H,3-10H2,1-2H3,(H,13,15). The van der Waals surface area contributed by atoms with Crippen molar-refractivity contribution >= 4 is 5.91 Å². The Balaban J connectivity index is 3.32. The summed E-state index contributed by atoms with van der Waals surface area (Å²) in [5.74, 6) is 0.0464. The maximum absolute atomic E-state index is 11.1. The summed E-state index contributed by atoms with van der Waals surface area (Å²) in [6, 6.07) is 0. The Morgan fingerprint density at radius 2 is 1.93 bits per heavy atom. The Morgan fingerprint density at radius 3 is 2.53 bits per heavy atom. The Labute approximate surface area is 93.3 Å². The second-order valence-electron chi connectivity index (χ2n) is 4.00. The van der Waals surface area contributed by atoms with E-state index in [0.29, 0.717) is 19.4 Å². The zero-order valence-corrected chi connectivity index (χ0v) is 10.1. The predicted octanol–water partition coefficient (Wildman–Crippen LogP) is 2.23. The lowest BCUT2D eigenvalue weighted by molar-refractivity contribution is -0.121. The van der Waals surface area contributed by atoms with Gasteiger partial charge in [0.25, 0.3) is 0 Å². The molecule has 15 heavy (non-hydrogen) atoms. The molecule has 0 saturated carbocycles. The highest BCUT2D eigenvalue weighted by molar-refractivity contribution is 5.75. The van der Waals surface area contributed by atoms with E-state index < -0.39 is 0 Å². The largest absolute Gasteiger partial charge is 0.393 e. The van der Waals surface area contributed by atoms with Crippen LogP contribution in [0, 0.1) is 0 Å². The predicted molar refractivity (Wildman–Crippen MR) is 62.7 cm³/mol.